The van der Waals surface area contributed by atoms with Crippen LogP contribution in [0.15, 0.2) is 30.3 Å². The number of fused-ring (bicyclic) bond motifs is 1. The number of rotatable bonds is 4. The molecular weight excluding hydrogens is 362 g/mol. The summed E-state index contributed by atoms with van der Waals surface area (Å²) in [5, 5.41) is 0.715. The van der Waals surface area contributed by atoms with E-state index in [2.05, 4.69) is 0 Å². The van der Waals surface area contributed by atoms with Gasteiger partial charge >= 0.3 is 0 Å². The lowest BCUT2D eigenvalue weighted by Crippen LogP contribution is -2.16. The van der Waals surface area contributed by atoms with E-state index in [0.29, 0.717) is 41.1 Å². The van der Waals surface area contributed by atoms with E-state index >= 15 is 0 Å². The van der Waals surface area contributed by atoms with Crippen molar-refractivity contribution in [3.8, 4) is 11.5 Å². The monoisotopic (exact) mass is 374 g/mol. The molecule has 0 fully saturated rings. The highest BCUT2D eigenvalue weighted by Gasteiger charge is 2.17. The molecule has 0 amide bonds. The topological polar surface area (TPSA) is 35.5 Å². The average molecular weight is 375 g/mol. The SMILES string of the molecule is O=[S@@](Cc1cc(Cl)c2c(c1)OCCO2)Cc1ccc(F)cc1Cl. The van der Waals surface area contributed by atoms with Crippen LogP contribution in [0.25, 0.3) is 0 Å². The maximum atomic E-state index is 13.0. The van der Waals surface area contributed by atoms with Gasteiger partial charge in [0.1, 0.15) is 19.0 Å². The second-order valence-electron chi connectivity index (χ2n) is 5.07. The van der Waals surface area contributed by atoms with Crippen LogP contribution in [0.1, 0.15) is 11.1 Å². The predicted octanol–water partition coefficient (Wildman–Crippen LogP) is 4.35. The zero-order valence-electron chi connectivity index (χ0n) is 12.0. The van der Waals surface area contributed by atoms with Gasteiger partial charge in [0.2, 0.25) is 0 Å². The molecule has 0 bridgehead atoms. The molecule has 0 saturated heterocycles. The Morgan fingerprint density at radius 1 is 1.04 bits per heavy atom. The van der Waals surface area contributed by atoms with Crippen molar-refractivity contribution in [3.05, 3.63) is 57.3 Å². The molecule has 2 aromatic rings. The van der Waals surface area contributed by atoms with E-state index in [1.165, 1.54) is 12.1 Å². The second kappa shape index (κ2) is 7.07. The third-order valence-electron chi connectivity index (χ3n) is 3.32. The van der Waals surface area contributed by atoms with E-state index in [4.69, 9.17) is 32.7 Å². The summed E-state index contributed by atoms with van der Waals surface area (Å²) in [4.78, 5) is 0. The molecule has 3 nitrogen and oxygen atoms in total. The van der Waals surface area contributed by atoms with Gasteiger partial charge in [-0.1, -0.05) is 29.3 Å². The minimum atomic E-state index is -1.21. The Bertz CT molecular complexity index is 767. The molecule has 0 aromatic heterocycles. The quantitative estimate of drug-likeness (QED) is 0.797. The Balaban J connectivity index is 1.74. The fourth-order valence-electron chi connectivity index (χ4n) is 2.30. The Labute approximate surface area is 145 Å². The summed E-state index contributed by atoms with van der Waals surface area (Å²) in [5.74, 6) is 1.21. The van der Waals surface area contributed by atoms with Crippen molar-refractivity contribution in [3.63, 3.8) is 0 Å². The summed E-state index contributed by atoms with van der Waals surface area (Å²) < 4.78 is 36.3. The van der Waals surface area contributed by atoms with E-state index in [1.807, 2.05) is 0 Å². The molecule has 1 aliphatic rings. The highest BCUT2D eigenvalue weighted by atomic mass is 35.5. The molecule has 1 atom stereocenters. The Hall–Kier alpha value is -1.30. The van der Waals surface area contributed by atoms with E-state index in [9.17, 15) is 8.60 Å². The Kier molecular flexibility index (Phi) is 5.09. The first-order chi connectivity index (χ1) is 11.0. The molecule has 3 rings (SSSR count). The highest BCUT2D eigenvalue weighted by molar-refractivity contribution is 7.83. The summed E-state index contributed by atoms with van der Waals surface area (Å²) in [6.07, 6.45) is 0. The Morgan fingerprint density at radius 3 is 2.61 bits per heavy atom. The molecule has 23 heavy (non-hydrogen) atoms. The lowest BCUT2D eigenvalue weighted by atomic mass is 10.2. The fourth-order valence-corrected chi connectivity index (χ4v) is 4.14. The van der Waals surface area contributed by atoms with Crippen LogP contribution in [0.5, 0.6) is 11.5 Å². The largest absolute Gasteiger partial charge is 0.486 e. The lowest BCUT2D eigenvalue weighted by molar-refractivity contribution is 0.171. The number of hydrogen-bond acceptors (Lipinski definition) is 3. The molecule has 1 aliphatic heterocycles. The zero-order valence-corrected chi connectivity index (χ0v) is 14.3. The van der Waals surface area contributed by atoms with E-state index in [-0.39, 0.29) is 10.8 Å². The lowest BCUT2D eigenvalue weighted by Gasteiger charge is -2.20. The van der Waals surface area contributed by atoms with Crippen LogP contribution in [-0.2, 0) is 22.3 Å². The Morgan fingerprint density at radius 2 is 1.83 bits per heavy atom. The van der Waals surface area contributed by atoms with Crippen molar-refractivity contribution >= 4 is 34.0 Å². The molecule has 0 radical (unpaired) electrons. The first-order valence-corrected chi connectivity index (χ1v) is 9.14. The molecule has 7 heteroatoms. The van der Waals surface area contributed by atoms with Crippen LogP contribution in [0.3, 0.4) is 0 Å². The number of ether oxygens (including phenoxy) is 2. The van der Waals surface area contributed by atoms with E-state index < -0.39 is 16.6 Å². The van der Waals surface area contributed by atoms with Crippen molar-refractivity contribution in [2.75, 3.05) is 13.2 Å². The number of hydrogen-bond donors (Lipinski definition) is 0. The van der Waals surface area contributed by atoms with Crippen LogP contribution in [0.4, 0.5) is 4.39 Å². The third-order valence-corrected chi connectivity index (χ3v) is 5.24. The van der Waals surface area contributed by atoms with Gasteiger partial charge in [0, 0.05) is 21.6 Å². The molecule has 122 valence electrons. The van der Waals surface area contributed by atoms with Gasteiger partial charge in [-0.15, -0.1) is 0 Å². The van der Waals surface area contributed by atoms with Gasteiger partial charge in [0.05, 0.1) is 10.8 Å². The van der Waals surface area contributed by atoms with Crippen LogP contribution in [0, 0.1) is 5.82 Å². The molecule has 1 heterocycles. The van der Waals surface area contributed by atoms with Crippen LogP contribution >= 0.6 is 23.2 Å². The van der Waals surface area contributed by atoms with Gasteiger partial charge in [-0.3, -0.25) is 4.21 Å². The molecule has 0 N–H and O–H groups in total. The van der Waals surface area contributed by atoms with Crippen molar-refractivity contribution in [2.24, 2.45) is 0 Å². The van der Waals surface area contributed by atoms with Gasteiger partial charge in [0.25, 0.3) is 0 Å². The van der Waals surface area contributed by atoms with Crippen molar-refractivity contribution in [2.45, 2.75) is 11.5 Å². The van der Waals surface area contributed by atoms with E-state index in [1.54, 1.807) is 18.2 Å². The summed E-state index contributed by atoms with van der Waals surface area (Å²) in [6.45, 7) is 0.919. The summed E-state index contributed by atoms with van der Waals surface area (Å²) in [6, 6.07) is 7.57. The zero-order chi connectivity index (χ0) is 16.4. The number of halogens is 3. The first kappa shape index (κ1) is 16.6. The molecule has 2 aromatic carbocycles. The summed E-state index contributed by atoms with van der Waals surface area (Å²) >= 11 is 12.1. The maximum Gasteiger partial charge on any atom is 0.179 e. The van der Waals surface area contributed by atoms with Crippen molar-refractivity contribution < 1.29 is 18.1 Å². The summed E-state index contributed by atoms with van der Waals surface area (Å²) in [7, 11) is -1.21. The van der Waals surface area contributed by atoms with Crippen LogP contribution in [0.2, 0.25) is 10.0 Å². The molecule has 0 unspecified atom stereocenters. The molecule has 0 aliphatic carbocycles. The smallest absolute Gasteiger partial charge is 0.179 e. The average Bonchev–Trinajstić information content (AvgIpc) is 2.50. The number of benzene rings is 2. The molecular formula is C16H13Cl2FO3S. The van der Waals surface area contributed by atoms with Crippen LogP contribution in [-0.4, -0.2) is 17.4 Å². The fraction of sp³-hybridized carbons (Fsp3) is 0.250. The standard InChI is InChI=1S/C16H13Cl2FO3S/c17-13-7-12(19)2-1-11(13)9-23(20)8-10-5-14(18)16-15(6-10)21-3-4-22-16/h1-2,5-7H,3-4,8-9H2/t23-/m0/s1. The first-order valence-electron chi connectivity index (χ1n) is 6.90. The summed E-state index contributed by atoms with van der Waals surface area (Å²) in [5.41, 5.74) is 1.44. The van der Waals surface area contributed by atoms with E-state index in [0.717, 1.165) is 5.56 Å². The third kappa shape index (κ3) is 3.97. The highest BCUT2D eigenvalue weighted by Crippen LogP contribution is 2.38. The van der Waals surface area contributed by atoms with Crippen molar-refractivity contribution in [1.82, 2.24) is 0 Å². The van der Waals surface area contributed by atoms with Crippen LogP contribution < -0.4 is 9.47 Å². The van der Waals surface area contributed by atoms with Gasteiger partial charge in [0.15, 0.2) is 11.5 Å². The minimum absolute atomic E-state index is 0.241. The molecule has 0 saturated carbocycles. The van der Waals surface area contributed by atoms with Gasteiger partial charge in [-0.05, 0) is 35.4 Å². The van der Waals surface area contributed by atoms with Gasteiger partial charge in [-0.2, -0.15) is 0 Å². The molecule has 0 spiro atoms. The predicted molar refractivity (Wildman–Crippen MR) is 89.4 cm³/mol. The maximum absolute atomic E-state index is 13.0. The van der Waals surface area contributed by atoms with Crippen molar-refractivity contribution in [1.29, 1.82) is 0 Å². The van der Waals surface area contributed by atoms with Gasteiger partial charge in [-0.25, -0.2) is 4.39 Å². The normalized spacial score (nSPS) is 14.6. The van der Waals surface area contributed by atoms with Gasteiger partial charge < -0.3 is 9.47 Å². The minimum Gasteiger partial charge on any atom is -0.486 e. The second-order valence-corrected chi connectivity index (χ2v) is 7.34.